The summed E-state index contributed by atoms with van der Waals surface area (Å²) in [5.74, 6) is 0. The standard InChI is InChI=1S/C12H6N5/c1-2-4-8-7(3-1)13-9-5-11-12(16-17-15-11)6-10(9)14-8/h1-6H. The summed E-state index contributed by atoms with van der Waals surface area (Å²) >= 11 is 0. The van der Waals surface area contributed by atoms with Crippen molar-refractivity contribution in [3.05, 3.63) is 36.4 Å². The maximum Gasteiger partial charge on any atom is 0.117 e. The Morgan fingerprint density at radius 2 is 1.35 bits per heavy atom. The van der Waals surface area contributed by atoms with E-state index >= 15 is 0 Å². The van der Waals surface area contributed by atoms with Crippen molar-refractivity contribution >= 4 is 33.4 Å². The van der Waals surface area contributed by atoms with E-state index in [1.54, 1.807) is 0 Å². The maximum atomic E-state index is 4.55. The van der Waals surface area contributed by atoms with Gasteiger partial charge in [0, 0.05) is 0 Å². The second-order valence-corrected chi connectivity index (χ2v) is 3.83. The lowest BCUT2D eigenvalue weighted by atomic mass is 10.2. The summed E-state index contributed by atoms with van der Waals surface area (Å²) in [4.78, 5) is 9.10. The minimum absolute atomic E-state index is 0.752. The Hall–Kier alpha value is -2.56. The van der Waals surface area contributed by atoms with Crippen LogP contribution in [0.5, 0.6) is 0 Å². The first-order valence-electron chi connectivity index (χ1n) is 5.22. The molecule has 0 saturated carbocycles. The van der Waals surface area contributed by atoms with Crippen molar-refractivity contribution in [2.45, 2.75) is 0 Å². The van der Waals surface area contributed by atoms with E-state index in [-0.39, 0.29) is 0 Å². The summed E-state index contributed by atoms with van der Waals surface area (Å²) in [5.41, 5.74) is 8.82. The van der Waals surface area contributed by atoms with Crippen molar-refractivity contribution in [2.24, 2.45) is 10.3 Å². The van der Waals surface area contributed by atoms with Crippen molar-refractivity contribution < 1.29 is 0 Å². The van der Waals surface area contributed by atoms with E-state index in [1.165, 1.54) is 0 Å². The predicted molar refractivity (Wildman–Crippen MR) is 63.4 cm³/mol. The van der Waals surface area contributed by atoms with Gasteiger partial charge >= 0.3 is 0 Å². The first-order chi connectivity index (χ1) is 8.40. The first kappa shape index (κ1) is 8.58. The summed E-state index contributed by atoms with van der Waals surface area (Å²) in [6.07, 6.45) is 0. The molecule has 2 heterocycles. The van der Waals surface area contributed by atoms with Crippen LogP contribution in [0.2, 0.25) is 0 Å². The lowest BCUT2D eigenvalue weighted by Gasteiger charge is -2.01. The van der Waals surface area contributed by atoms with Crippen LogP contribution in [0.15, 0.2) is 46.7 Å². The van der Waals surface area contributed by atoms with E-state index in [9.17, 15) is 0 Å². The lowest BCUT2D eigenvalue weighted by molar-refractivity contribution is 0.923. The molecule has 0 unspecified atom stereocenters. The average Bonchev–Trinajstić information content (AvgIpc) is 2.80. The molecule has 79 valence electrons. The third-order valence-electron chi connectivity index (χ3n) is 2.74. The summed E-state index contributed by atoms with van der Waals surface area (Å²) in [7, 11) is 0. The highest BCUT2D eigenvalue weighted by Gasteiger charge is 2.12. The zero-order chi connectivity index (χ0) is 11.2. The number of aromatic nitrogens is 2. The van der Waals surface area contributed by atoms with Crippen LogP contribution in [0.3, 0.4) is 0 Å². The second kappa shape index (κ2) is 2.98. The SMILES string of the molecule is c1ccc2nc3cc4c(cc3nc2c1)[N]N=N4. The summed E-state index contributed by atoms with van der Waals surface area (Å²) < 4.78 is 0. The molecule has 0 saturated heterocycles. The third-order valence-corrected chi connectivity index (χ3v) is 2.74. The highest BCUT2D eigenvalue weighted by molar-refractivity contribution is 5.90. The molecule has 0 amide bonds. The Morgan fingerprint density at radius 1 is 0.706 bits per heavy atom. The Balaban J connectivity index is 2.14. The van der Waals surface area contributed by atoms with E-state index in [0.29, 0.717) is 0 Å². The van der Waals surface area contributed by atoms with E-state index in [2.05, 4.69) is 25.7 Å². The molecular formula is C12H6N5. The molecule has 0 N–H and O–H groups in total. The van der Waals surface area contributed by atoms with Gasteiger partial charge in [0.05, 0.1) is 22.1 Å². The number of fused-ring (bicyclic) bond motifs is 3. The Morgan fingerprint density at radius 3 is 2.06 bits per heavy atom. The minimum Gasteiger partial charge on any atom is -0.244 e. The normalized spacial score (nSPS) is 12.9. The molecule has 0 aliphatic carbocycles. The largest absolute Gasteiger partial charge is 0.244 e. The second-order valence-electron chi connectivity index (χ2n) is 3.83. The van der Waals surface area contributed by atoms with Crippen LogP contribution in [0.4, 0.5) is 11.4 Å². The van der Waals surface area contributed by atoms with Gasteiger partial charge in [0.15, 0.2) is 0 Å². The summed E-state index contributed by atoms with van der Waals surface area (Å²) in [6.45, 7) is 0. The van der Waals surface area contributed by atoms with Crippen molar-refractivity contribution in [1.29, 1.82) is 0 Å². The first-order valence-corrected chi connectivity index (χ1v) is 5.22. The molecule has 4 rings (SSSR count). The highest BCUT2D eigenvalue weighted by Crippen LogP contribution is 2.33. The fraction of sp³-hybridized carbons (Fsp3) is 0. The number of hydrogen-bond acceptors (Lipinski definition) is 4. The third kappa shape index (κ3) is 1.19. The topological polar surface area (TPSA) is 64.6 Å². The molecule has 5 nitrogen and oxygen atoms in total. The van der Waals surface area contributed by atoms with E-state index in [4.69, 9.17) is 0 Å². The fourth-order valence-electron chi connectivity index (χ4n) is 1.93. The predicted octanol–water partition coefficient (Wildman–Crippen LogP) is 3.03. The van der Waals surface area contributed by atoms with E-state index in [1.807, 2.05) is 36.4 Å². The minimum atomic E-state index is 0.752. The zero-order valence-electron chi connectivity index (χ0n) is 8.70. The van der Waals surface area contributed by atoms with E-state index < -0.39 is 0 Å². The number of hydrogen-bond donors (Lipinski definition) is 0. The van der Waals surface area contributed by atoms with Gasteiger partial charge in [0.25, 0.3) is 0 Å². The lowest BCUT2D eigenvalue weighted by Crippen LogP contribution is -1.88. The maximum absolute atomic E-state index is 4.55. The molecule has 17 heavy (non-hydrogen) atoms. The van der Waals surface area contributed by atoms with Crippen LogP contribution in [-0.2, 0) is 0 Å². The molecule has 0 bridgehead atoms. The van der Waals surface area contributed by atoms with Gasteiger partial charge in [-0.1, -0.05) is 12.1 Å². The smallest absolute Gasteiger partial charge is 0.117 e. The number of para-hydroxylation sites is 2. The Labute approximate surface area is 96.2 Å². The van der Waals surface area contributed by atoms with Crippen molar-refractivity contribution in [1.82, 2.24) is 15.4 Å². The molecule has 1 aliphatic heterocycles. The van der Waals surface area contributed by atoms with Crippen LogP contribution < -0.4 is 5.43 Å². The number of benzene rings is 2. The summed E-state index contributed by atoms with van der Waals surface area (Å²) in [5, 5.41) is 7.56. The van der Waals surface area contributed by atoms with Gasteiger partial charge in [0.2, 0.25) is 0 Å². The highest BCUT2D eigenvalue weighted by atomic mass is 15.5. The van der Waals surface area contributed by atoms with Crippen LogP contribution in [0.1, 0.15) is 0 Å². The zero-order valence-corrected chi connectivity index (χ0v) is 8.70. The molecule has 0 atom stereocenters. The van der Waals surface area contributed by atoms with Gasteiger partial charge < -0.3 is 0 Å². The van der Waals surface area contributed by atoms with Gasteiger partial charge in [0.1, 0.15) is 11.4 Å². The van der Waals surface area contributed by atoms with Gasteiger partial charge in [-0.2, -0.15) is 0 Å². The Bertz CT molecular complexity index is 778. The van der Waals surface area contributed by atoms with Crippen molar-refractivity contribution in [3.8, 4) is 0 Å². The molecule has 2 aromatic carbocycles. The number of rotatable bonds is 0. The molecule has 1 aliphatic rings. The van der Waals surface area contributed by atoms with Crippen LogP contribution in [-0.4, -0.2) is 9.97 Å². The molecule has 5 heteroatoms. The molecular weight excluding hydrogens is 214 g/mol. The Kier molecular flexibility index (Phi) is 1.50. The van der Waals surface area contributed by atoms with Gasteiger partial charge in [-0.25, -0.2) is 9.97 Å². The fourth-order valence-corrected chi connectivity index (χ4v) is 1.93. The molecule has 0 spiro atoms. The van der Waals surface area contributed by atoms with Crippen molar-refractivity contribution in [3.63, 3.8) is 0 Å². The van der Waals surface area contributed by atoms with E-state index in [0.717, 1.165) is 33.4 Å². The van der Waals surface area contributed by atoms with Gasteiger partial charge in [-0.3, -0.25) is 0 Å². The molecule has 3 aromatic rings. The van der Waals surface area contributed by atoms with Crippen LogP contribution >= 0.6 is 0 Å². The van der Waals surface area contributed by atoms with Gasteiger partial charge in [-0.15, -0.1) is 10.5 Å². The molecule has 1 radical (unpaired) electrons. The van der Waals surface area contributed by atoms with Crippen LogP contribution in [0, 0.1) is 0 Å². The van der Waals surface area contributed by atoms with Gasteiger partial charge in [-0.05, 0) is 29.5 Å². The number of nitrogens with zero attached hydrogens (tertiary/aromatic N) is 5. The monoisotopic (exact) mass is 220 g/mol. The average molecular weight is 220 g/mol. The van der Waals surface area contributed by atoms with Crippen LogP contribution in [0.25, 0.3) is 22.1 Å². The molecule has 0 fully saturated rings. The molecule has 1 aromatic heterocycles. The summed E-state index contributed by atoms with van der Waals surface area (Å²) in [6, 6.07) is 11.5. The quantitative estimate of drug-likeness (QED) is 0.546. The van der Waals surface area contributed by atoms with Crippen molar-refractivity contribution in [2.75, 3.05) is 0 Å².